The van der Waals surface area contributed by atoms with Crippen LogP contribution in [0.25, 0.3) is 0 Å². The average molecular weight is 436 g/mol. The molecule has 162 valence electrons. The molecule has 1 amide bonds. The summed E-state index contributed by atoms with van der Waals surface area (Å²) in [5, 5.41) is 7.45. The smallest absolute Gasteiger partial charge is 0.408 e. The SMILES string of the molecule is CCOC(=O)C1(c2nc([C@H](Cc3ccc(Cl)cc3)NC(=O)OC(C)(C)C)no2)CC1. The zero-order chi connectivity index (χ0) is 21.9. The monoisotopic (exact) mass is 435 g/mol. The highest BCUT2D eigenvalue weighted by atomic mass is 35.5. The largest absolute Gasteiger partial charge is 0.465 e. The minimum Gasteiger partial charge on any atom is -0.465 e. The predicted molar refractivity (Wildman–Crippen MR) is 109 cm³/mol. The zero-order valence-corrected chi connectivity index (χ0v) is 18.3. The summed E-state index contributed by atoms with van der Waals surface area (Å²) in [6.45, 7) is 7.37. The van der Waals surface area contributed by atoms with Crippen molar-refractivity contribution >= 4 is 23.7 Å². The van der Waals surface area contributed by atoms with Crippen LogP contribution in [0.15, 0.2) is 28.8 Å². The lowest BCUT2D eigenvalue weighted by atomic mass is 10.1. The van der Waals surface area contributed by atoms with Gasteiger partial charge >= 0.3 is 12.1 Å². The van der Waals surface area contributed by atoms with Gasteiger partial charge in [-0.3, -0.25) is 4.79 Å². The topological polar surface area (TPSA) is 104 Å². The number of rotatable bonds is 7. The highest BCUT2D eigenvalue weighted by molar-refractivity contribution is 6.30. The Bertz CT molecular complexity index is 900. The van der Waals surface area contributed by atoms with Gasteiger partial charge in [0.25, 0.3) is 0 Å². The molecule has 30 heavy (non-hydrogen) atoms. The van der Waals surface area contributed by atoms with Crippen LogP contribution in [0.4, 0.5) is 4.79 Å². The van der Waals surface area contributed by atoms with E-state index in [0.717, 1.165) is 5.56 Å². The molecule has 2 aromatic rings. The van der Waals surface area contributed by atoms with Crippen LogP contribution in [0, 0.1) is 0 Å². The number of nitrogens with one attached hydrogen (secondary N) is 1. The number of halogens is 1. The zero-order valence-electron chi connectivity index (χ0n) is 17.5. The normalized spacial score (nSPS) is 15.9. The quantitative estimate of drug-likeness (QED) is 0.652. The fourth-order valence-electron chi connectivity index (χ4n) is 2.98. The second-order valence-corrected chi connectivity index (χ2v) is 8.73. The first-order chi connectivity index (χ1) is 14.1. The van der Waals surface area contributed by atoms with Gasteiger partial charge in [-0.05, 0) is 58.2 Å². The van der Waals surface area contributed by atoms with E-state index < -0.39 is 23.2 Å². The van der Waals surface area contributed by atoms with Crippen molar-refractivity contribution in [2.75, 3.05) is 6.61 Å². The molecule has 0 aliphatic heterocycles. The molecule has 1 aromatic carbocycles. The maximum Gasteiger partial charge on any atom is 0.408 e. The molecule has 8 nitrogen and oxygen atoms in total. The van der Waals surface area contributed by atoms with Gasteiger partial charge in [0.2, 0.25) is 5.89 Å². The summed E-state index contributed by atoms with van der Waals surface area (Å²) in [6, 6.07) is 6.63. The number of esters is 1. The van der Waals surface area contributed by atoms with E-state index in [9.17, 15) is 9.59 Å². The molecule has 3 rings (SSSR count). The predicted octanol–water partition coefficient (Wildman–Crippen LogP) is 4.13. The van der Waals surface area contributed by atoms with Gasteiger partial charge in [-0.2, -0.15) is 4.98 Å². The lowest BCUT2D eigenvalue weighted by molar-refractivity contribution is -0.146. The van der Waals surface area contributed by atoms with Gasteiger partial charge in [0.05, 0.1) is 12.6 Å². The summed E-state index contributed by atoms with van der Waals surface area (Å²) in [5.41, 5.74) is -0.615. The van der Waals surface area contributed by atoms with Gasteiger partial charge < -0.3 is 19.3 Å². The molecule has 0 saturated heterocycles. The van der Waals surface area contributed by atoms with Crippen LogP contribution in [0.2, 0.25) is 5.02 Å². The Labute approximate surface area is 180 Å². The van der Waals surface area contributed by atoms with Gasteiger partial charge in [0, 0.05) is 11.4 Å². The van der Waals surface area contributed by atoms with Crippen molar-refractivity contribution in [3.63, 3.8) is 0 Å². The number of hydrogen-bond donors (Lipinski definition) is 1. The van der Waals surface area contributed by atoms with Gasteiger partial charge in [-0.1, -0.05) is 28.9 Å². The third-order valence-electron chi connectivity index (χ3n) is 4.62. The summed E-state index contributed by atoms with van der Waals surface area (Å²) in [6.07, 6.45) is 0.977. The van der Waals surface area contributed by atoms with Crippen LogP contribution < -0.4 is 5.32 Å². The molecule has 1 aromatic heterocycles. The third kappa shape index (κ3) is 5.30. The maximum absolute atomic E-state index is 12.4. The van der Waals surface area contributed by atoms with Crippen molar-refractivity contribution < 1.29 is 23.6 Å². The number of ether oxygens (including phenoxy) is 2. The molecule has 1 heterocycles. The molecule has 1 aliphatic carbocycles. The summed E-state index contributed by atoms with van der Waals surface area (Å²) in [5.74, 6) is 0.110. The van der Waals surface area contributed by atoms with E-state index in [1.807, 2.05) is 12.1 Å². The van der Waals surface area contributed by atoms with Crippen LogP contribution in [0.1, 0.15) is 63.9 Å². The Morgan fingerprint density at radius 2 is 1.93 bits per heavy atom. The number of benzene rings is 1. The van der Waals surface area contributed by atoms with Crippen LogP contribution >= 0.6 is 11.6 Å². The molecule has 0 radical (unpaired) electrons. The number of nitrogens with zero attached hydrogens (tertiary/aromatic N) is 2. The number of carbonyl (C=O) groups excluding carboxylic acids is 2. The lowest BCUT2D eigenvalue weighted by Crippen LogP contribution is -2.36. The number of aromatic nitrogens is 2. The molecule has 9 heteroatoms. The fraction of sp³-hybridized carbons (Fsp3) is 0.524. The minimum absolute atomic E-state index is 0.211. The van der Waals surface area contributed by atoms with Gasteiger partial charge in [-0.15, -0.1) is 0 Å². The summed E-state index contributed by atoms with van der Waals surface area (Å²) >= 11 is 5.96. The second kappa shape index (κ2) is 8.63. The number of carbonyl (C=O) groups is 2. The van der Waals surface area contributed by atoms with Gasteiger partial charge in [0.1, 0.15) is 11.0 Å². The number of alkyl carbamates (subject to hydrolysis) is 1. The molecular formula is C21H26ClN3O5. The van der Waals surface area contributed by atoms with Crippen molar-refractivity contribution in [1.82, 2.24) is 15.5 Å². The fourth-order valence-corrected chi connectivity index (χ4v) is 3.11. The maximum atomic E-state index is 12.4. The van der Waals surface area contributed by atoms with E-state index in [1.54, 1.807) is 39.8 Å². The first kappa shape index (κ1) is 22.1. The molecular weight excluding hydrogens is 410 g/mol. The molecule has 1 aliphatic rings. The Balaban J connectivity index is 1.83. The van der Waals surface area contributed by atoms with E-state index in [1.165, 1.54) is 0 Å². The Kier molecular flexibility index (Phi) is 6.36. The third-order valence-corrected chi connectivity index (χ3v) is 4.87. The van der Waals surface area contributed by atoms with E-state index in [4.69, 9.17) is 25.6 Å². The van der Waals surface area contributed by atoms with E-state index >= 15 is 0 Å². The molecule has 0 unspecified atom stereocenters. The van der Waals surface area contributed by atoms with Crippen LogP contribution in [-0.2, 0) is 26.1 Å². The standard InChI is InChI=1S/C21H26ClN3O5/c1-5-28-18(26)21(10-11-21)17-24-16(25-30-17)15(23-19(27)29-20(2,3)4)12-13-6-8-14(22)9-7-13/h6-9,15H,5,10-12H2,1-4H3,(H,23,27)/t15-/m0/s1. The van der Waals surface area contributed by atoms with Crippen molar-refractivity contribution in [2.45, 2.75) is 64.0 Å². The van der Waals surface area contributed by atoms with E-state index in [0.29, 0.717) is 24.3 Å². The second-order valence-electron chi connectivity index (χ2n) is 8.29. The van der Waals surface area contributed by atoms with Crippen molar-refractivity contribution in [3.8, 4) is 0 Å². The van der Waals surface area contributed by atoms with Crippen molar-refractivity contribution in [3.05, 3.63) is 46.6 Å². The summed E-state index contributed by atoms with van der Waals surface area (Å²) < 4.78 is 15.9. The average Bonchev–Trinajstić information content (AvgIpc) is 3.32. The molecule has 1 fully saturated rings. The van der Waals surface area contributed by atoms with Crippen molar-refractivity contribution in [2.24, 2.45) is 0 Å². The van der Waals surface area contributed by atoms with E-state index in [2.05, 4.69) is 15.5 Å². The molecule has 0 spiro atoms. The highest BCUT2D eigenvalue weighted by Gasteiger charge is 2.57. The van der Waals surface area contributed by atoms with Gasteiger partial charge in [-0.25, -0.2) is 4.79 Å². The minimum atomic E-state index is -0.877. The highest BCUT2D eigenvalue weighted by Crippen LogP contribution is 2.48. The molecule has 1 N–H and O–H groups in total. The Morgan fingerprint density at radius 3 is 2.50 bits per heavy atom. The first-order valence-electron chi connectivity index (χ1n) is 9.88. The van der Waals surface area contributed by atoms with Crippen LogP contribution in [-0.4, -0.2) is 34.4 Å². The Hall–Kier alpha value is -2.61. The summed E-state index contributed by atoms with van der Waals surface area (Å²) in [7, 11) is 0. The van der Waals surface area contributed by atoms with Crippen LogP contribution in [0.5, 0.6) is 0 Å². The molecule has 1 saturated carbocycles. The first-order valence-corrected chi connectivity index (χ1v) is 10.3. The number of hydrogen-bond acceptors (Lipinski definition) is 7. The van der Waals surface area contributed by atoms with Crippen molar-refractivity contribution in [1.29, 1.82) is 0 Å². The van der Waals surface area contributed by atoms with E-state index in [-0.39, 0.29) is 24.3 Å². The van der Waals surface area contributed by atoms with Crippen LogP contribution in [0.3, 0.4) is 0 Å². The molecule has 0 bridgehead atoms. The number of amides is 1. The Morgan fingerprint density at radius 1 is 1.27 bits per heavy atom. The van der Waals surface area contributed by atoms with Gasteiger partial charge in [0.15, 0.2) is 5.82 Å². The summed E-state index contributed by atoms with van der Waals surface area (Å²) in [4.78, 5) is 29.1. The molecule has 1 atom stereocenters. The lowest BCUT2D eigenvalue weighted by Gasteiger charge is -2.22.